The van der Waals surface area contributed by atoms with E-state index in [0.29, 0.717) is 17.8 Å². The SMILES string of the molecule is CCn1nc(-n2c(=S)[nH]c3c(c2=O)C[C@@H](C)N(C(=O)c2ccc(Cl)c(C(F)(F)F)c2)C3)cc1C(=O)NC. The molecule has 0 fully saturated rings. The number of carbonyl (C=O) groups is 2. The van der Waals surface area contributed by atoms with Gasteiger partial charge >= 0.3 is 6.18 Å². The van der Waals surface area contributed by atoms with Crippen LogP contribution in [-0.2, 0) is 25.7 Å². The summed E-state index contributed by atoms with van der Waals surface area (Å²) in [4.78, 5) is 43.2. The number of aromatic nitrogens is 4. The fourth-order valence-electron chi connectivity index (χ4n) is 4.28. The van der Waals surface area contributed by atoms with E-state index in [2.05, 4.69) is 15.4 Å². The normalized spacial score (nSPS) is 15.4. The number of hydrogen-bond donors (Lipinski definition) is 2. The molecule has 4 rings (SSSR count). The second-order valence-electron chi connectivity index (χ2n) is 8.49. The average Bonchev–Trinajstić information content (AvgIpc) is 3.27. The van der Waals surface area contributed by atoms with Gasteiger partial charge in [0.25, 0.3) is 17.4 Å². The Bertz CT molecular complexity index is 1530. The largest absolute Gasteiger partial charge is 0.417 e. The summed E-state index contributed by atoms with van der Waals surface area (Å²) in [5, 5.41) is 6.36. The molecule has 3 aromatic rings. The van der Waals surface area contributed by atoms with Crippen LogP contribution in [0.4, 0.5) is 13.2 Å². The van der Waals surface area contributed by atoms with E-state index in [9.17, 15) is 27.6 Å². The standard InChI is InChI=1S/C23H22ClF3N6O3S/c1-4-32-17(19(34)28-3)9-18(30-32)33-21(36)13-7-11(2)31(10-16(13)29-22(33)37)20(35)12-5-6-15(24)14(8-12)23(25,26)27/h5-6,8-9,11H,4,7,10H2,1-3H3,(H,28,34)(H,29,37)/t11-/m1/s1. The van der Waals surface area contributed by atoms with Crippen LogP contribution in [0.15, 0.2) is 29.1 Å². The summed E-state index contributed by atoms with van der Waals surface area (Å²) < 4.78 is 42.5. The monoisotopic (exact) mass is 554 g/mol. The number of fused-ring (bicyclic) bond motifs is 1. The van der Waals surface area contributed by atoms with Crippen molar-refractivity contribution >= 4 is 35.6 Å². The lowest BCUT2D eigenvalue weighted by atomic mass is 9.98. The van der Waals surface area contributed by atoms with Crippen LogP contribution in [-0.4, -0.2) is 49.1 Å². The van der Waals surface area contributed by atoms with Crippen molar-refractivity contribution < 1.29 is 22.8 Å². The molecule has 2 N–H and O–H groups in total. The number of carbonyl (C=O) groups excluding carboxylic acids is 2. The maximum atomic E-state index is 13.5. The molecule has 2 amide bonds. The number of amides is 2. The topological polar surface area (TPSA) is 105 Å². The number of hydrogen-bond acceptors (Lipinski definition) is 5. The van der Waals surface area contributed by atoms with E-state index < -0.39 is 34.3 Å². The molecule has 0 bridgehead atoms. The van der Waals surface area contributed by atoms with E-state index in [1.807, 2.05) is 0 Å². The molecule has 1 aliphatic heterocycles. The number of aryl methyl sites for hydroxylation is 1. The summed E-state index contributed by atoms with van der Waals surface area (Å²) >= 11 is 11.1. The van der Waals surface area contributed by atoms with Gasteiger partial charge in [0.1, 0.15) is 5.69 Å². The smallest absolute Gasteiger partial charge is 0.354 e. The minimum Gasteiger partial charge on any atom is -0.354 e. The van der Waals surface area contributed by atoms with Crippen LogP contribution in [0.25, 0.3) is 5.82 Å². The Morgan fingerprint density at radius 3 is 2.62 bits per heavy atom. The average molecular weight is 555 g/mol. The number of rotatable bonds is 4. The van der Waals surface area contributed by atoms with Crippen molar-refractivity contribution in [2.24, 2.45) is 0 Å². The number of aromatic amines is 1. The summed E-state index contributed by atoms with van der Waals surface area (Å²) in [6.07, 6.45) is -4.59. The molecular weight excluding hydrogens is 533 g/mol. The first-order valence-corrected chi connectivity index (χ1v) is 12.0. The Morgan fingerprint density at radius 2 is 2.00 bits per heavy atom. The molecule has 37 heavy (non-hydrogen) atoms. The third-order valence-corrected chi connectivity index (χ3v) is 6.80. The first-order valence-electron chi connectivity index (χ1n) is 11.2. The van der Waals surface area contributed by atoms with Crippen LogP contribution in [0.3, 0.4) is 0 Å². The van der Waals surface area contributed by atoms with Gasteiger partial charge in [-0.15, -0.1) is 0 Å². The number of alkyl halides is 3. The number of nitrogens with one attached hydrogen (secondary N) is 2. The Labute approximate surface area is 218 Å². The number of halogens is 4. The molecule has 1 aromatic carbocycles. The van der Waals surface area contributed by atoms with Crippen molar-refractivity contribution in [1.29, 1.82) is 0 Å². The molecule has 0 radical (unpaired) electrons. The zero-order chi connectivity index (χ0) is 27.2. The molecular formula is C23H22ClF3N6O3S. The van der Waals surface area contributed by atoms with E-state index in [4.69, 9.17) is 23.8 Å². The molecule has 0 spiro atoms. The molecule has 1 aliphatic rings. The minimum absolute atomic E-state index is 0.000706. The third kappa shape index (κ3) is 4.80. The van der Waals surface area contributed by atoms with Crippen molar-refractivity contribution in [2.75, 3.05) is 7.05 Å². The van der Waals surface area contributed by atoms with Crippen LogP contribution in [0.2, 0.25) is 5.02 Å². The Hall–Kier alpha value is -3.45. The zero-order valence-electron chi connectivity index (χ0n) is 19.9. The lowest BCUT2D eigenvalue weighted by Gasteiger charge is -2.34. The van der Waals surface area contributed by atoms with Crippen molar-refractivity contribution in [3.8, 4) is 5.82 Å². The molecule has 1 atom stereocenters. The molecule has 9 nitrogen and oxygen atoms in total. The van der Waals surface area contributed by atoms with E-state index in [-0.39, 0.29) is 40.7 Å². The summed E-state index contributed by atoms with van der Waals surface area (Å²) in [5.74, 6) is -0.845. The highest BCUT2D eigenvalue weighted by Gasteiger charge is 2.36. The number of H-pyrrole nitrogens is 1. The second kappa shape index (κ2) is 9.78. The highest BCUT2D eigenvalue weighted by molar-refractivity contribution is 7.71. The Morgan fingerprint density at radius 1 is 1.30 bits per heavy atom. The molecule has 0 saturated carbocycles. The van der Waals surface area contributed by atoms with Gasteiger partial charge in [0.2, 0.25) is 0 Å². The number of benzene rings is 1. The summed E-state index contributed by atoms with van der Waals surface area (Å²) in [7, 11) is 1.48. The fourth-order valence-corrected chi connectivity index (χ4v) is 4.80. The van der Waals surface area contributed by atoms with Crippen molar-refractivity contribution in [2.45, 2.75) is 45.6 Å². The van der Waals surface area contributed by atoms with Gasteiger partial charge in [0.15, 0.2) is 10.6 Å². The van der Waals surface area contributed by atoms with E-state index >= 15 is 0 Å². The van der Waals surface area contributed by atoms with Gasteiger partial charge in [-0.2, -0.15) is 18.3 Å². The summed E-state index contributed by atoms with van der Waals surface area (Å²) in [5.41, 5.74) is -0.729. The van der Waals surface area contributed by atoms with Gasteiger partial charge < -0.3 is 15.2 Å². The van der Waals surface area contributed by atoms with Gasteiger partial charge in [-0.25, -0.2) is 4.57 Å². The van der Waals surface area contributed by atoms with Crippen LogP contribution >= 0.6 is 23.8 Å². The molecule has 2 aromatic heterocycles. The zero-order valence-corrected chi connectivity index (χ0v) is 21.5. The minimum atomic E-state index is -4.72. The van der Waals surface area contributed by atoms with Crippen LogP contribution in [0.1, 0.15) is 51.5 Å². The van der Waals surface area contributed by atoms with E-state index in [1.54, 1.807) is 13.8 Å². The van der Waals surface area contributed by atoms with E-state index in [0.717, 1.165) is 12.1 Å². The van der Waals surface area contributed by atoms with Crippen molar-refractivity contribution in [3.05, 3.63) is 72.5 Å². The van der Waals surface area contributed by atoms with E-state index in [1.165, 1.54) is 33.3 Å². The molecule has 0 unspecified atom stereocenters. The molecule has 196 valence electrons. The summed E-state index contributed by atoms with van der Waals surface area (Å²) in [6, 6.07) is 3.94. The Kier molecular flexibility index (Phi) is 7.04. The lowest BCUT2D eigenvalue weighted by Crippen LogP contribution is -2.46. The summed E-state index contributed by atoms with van der Waals surface area (Å²) in [6.45, 7) is 3.81. The first kappa shape index (κ1) is 26.6. The van der Waals surface area contributed by atoms with Crippen LogP contribution in [0.5, 0.6) is 0 Å². The van der Waals surface area contributed by atoms with Crippen LogP contribution < -0.4 is 10.9 Å². The number of nitrogens with zero attached hydrogens (tertiary/aromatic N) is 4. The highest BCUT2D eigenvalue weighted by atomic mass is 35.5. The first-order chi connectivity index (χ1) is 17.4. The predicted octanol–water partition coefficient (Wildman–Crippen LogP) is 3.73. The maximum Gasteiger partial charge on any atom is 0.417 e. The molecule has 0 aliphatic carbocycles. The van der Waals surface area contributed by atoms with Gasteiger partial charge in [-0.1, -0.05) is 11.6 Å². The second-order valence-corrected chi connectivity index (χ2v) is 9.28. The molecule has 0 saturated heterocycles. The third-order valence-electron chi connectivity index (χ3n) is 6.18. The van der Waals surface area contributed by atoms with Gasteiger partial charge in [0, 0.05) is 42.5 Å². The van der Waals surface area contributed by atoms with Crippen LogP contribution in [0, 0.1) is 4.77 Å². The molecule has 3 heterocycles. The van der Waals surface area contributed by atoms with Crippen molar-refractivity contribution in [1.82, 2.24) is 29.5 Å². The maximum absolute atomic E-state index is 13.5. The predicted molar refractivity (Wildman–Crippen MR) is 132 cm³/mol. The van der Waals surface area contributed by atoms with Gasteiger partial charge in [0.05, 0.1) is 17.1 Å². The fraction of sp³-hybridized carbons (Fsp3) is 0.348. The molecule has 14 heteroatoms. The lowest BCUT2D eigenvalue weighted by molar-refractivity contribution is -0.137. The quantitative estimate of drug-likeness (QED) is 0.478. The highest BCUT2D eigenvalue weighted by Crippen LogP contribution is 2.35. The van der Waals surface area contributed by atoms with Gasteiger partial charge in [-0.3, -0.25) is 19.1 Å². The Balaban J connectivity index is 1.72. The van der Waals surface area contributed by atoms with Gasteiger partial charge in [-0.05, 0) is 50.7 Å². The van der Waals surface area contributed by atoms with Crippen molar-refractivity contribution in [3.63, 3.8) is 0 Å².